The first-order valence-corrected chi connectivity index (χ1v) is 9.13. The third kappa shape index (κ3) is 2.77. The zero-order valence-corrected chi connectivity index (χ0v) is 14.7. The summed E-state index contributed by atoms with van der Waals surface area (Å²) < 4.78 is 1.02. The average Bonchev–Trinajstić information content (AvgIpc) is 2.88. The fourth-order valence-corrected chi connectivity index (χ4v) is 5.08. The molecule has 0 radical (unpaired) electrons. The number of thioether (sulfide) groups is 1. The number of thiazole rings is 1. The van der Waals surface area contributed by atoms with Crippen LogP contribution in [0.25, 0.3) is 10.2 Å². The monoisotopic (exact) mass is 337 g/mol. The van der Waals surface area contributed by atoms with Crippen LogP contribution in [0, 0.1) is 27.7 Å². The molecule has 0 bridgehead atoms. The molecule has 0 aliphatic rings. The quantitative estimate of drug-likeness (QED) is 0.735. The molecule has 3 rings (SSSR count). The molecule has 0 aromatic carbocycles. The molecule has 3 heterocycles. The molecular formula is C14H15N3OS3. The normalized spacial score (nSPS) is 11.4. The summed E-state index contributed by atoms with van der Waals surface area (Å²) in [6.45, 7) is 8.08. The summed E-state index contributed by atoms with van der Waals surface area (Å²) in [6.07, 6.45) is 0. The summed E-state index contributed by atoms with van der Waals surface area (Å²) in [5.74, 6) is 1.34. The van der Waals surface area contributed by atoms with E-state index < -0.39 is 0 Å². The molecule has 0 aliphatic carbocycles. The summed E-state index contributed by atoms with van der Waals surface area (Å²) in [4.78, 5) is 27.4. The van der Waals surface area contributed by atoms with Gasteiger partial charge in [0.1, 0.15) is 10.7 Å². The SMILES string of the molecule is Cc1nc(SCc2nc3sc(C)c(C)c3c(=O)[nH]2)sc1C. The predicted molar refractivity (Wildman–Crippen MR) is 90.9 cm³/mol. The second-order valence-corrected chi connectivity index (χ2v) is 8.51. The van der Waals surface area contributed by atoms with E-state index in [9.17, 15) is 4.79 Å². The van der Waals surface area contributed by atoms with Gasteiger partial charge in [0.25, 0.3) is 5.56 Å². The largest absolute Gasteiger partial charge is 0.309 e. The van der Waals surface area contributed by atoms with Crippen LogP contribution in [-0.2, 0) is 5.75 Å². The number of aryl methyl sites for hydroxylation is 4. The number of nitrogens with zero attached hydrogens (tertiary/aromatic N) is 2. The Labute approximate surface area is 134 Å². The lowest BCUT2D eigenvalue weighted by molar-refractivity contribution is 1.04. The minimum Gasteiger partial charge on any atom is -0.309 e. The number of aromatic amines is 1. The Morgan fingerprint density at radius 3 is 2.52 bits per heavy atom. The number of hydrogen-bond donors (Lipinski definition) is 1. The van der Waals surface area contributed by atoms with Crippen LogP contribution >= 0.6 is 34.4 Å². The summed E-state index contributed by atoms with van der Waals surface area (Å²) in [5, 5.41) is 0.729. The molecule has 1 N–H and O–H groups in total. The standard InChI is InChI=1S/C14H15N3OS3/c1-6-8(3)20-13-11(6)12(18)16-10(17-13)5-19-14-15-7(2)9(4)21-14/h5H2,1-4H3,(H,16,17,18). The molecule has 0 fully saturated rings. The zero-order valence-electron chi connectivity index (χ0n) is 12.2. The molecule has 0 unspecified atom stereocenters. The number of fused-ring (bicyclic) bond motifs is 1. The van der Waals surface area contributed by atoms with Crippen molar-refractivity contribution in [2.24, 2.45) is 0 Å². The molecule has 0 saturated heterocycles. The minimum atomic E-state index is -0.0380. The summed E-state index contributed by atoms with van der Waals surface area (Å²) in [7, 11) is 0. The fraction of sp³-hybridized carbons (Fsp3) is 0.357. The molecule has 0 atom stereocenters. The highest BCUT2D eigenvalue weighted by atomic mass is 32.2. The minimum absolute atomic E-state index is 0.0380. The van der Waals surface area contributed by atoms with Crippen molar-refractivity contribution in [1.29, 1.82) is 0 Å². The van der Waals surface area contributed by atoms with Crippen LogP contribution in [0.3, 0.4) is 0 Å². The van der Waals surface area contributed by atoms with Crippen molar-refractivity contribution in [3.05, 3.63) is 37.2 Å². The smallest absolute Gasteiger partial charge is 0.259 e. The third-order valence-corrected chi connectivity index (χ3v) is 6.76. The van der Waals surface area contributed by atoms with Crippen LogP contribution in [0.15, 0.2) is 9.13 Å². The van der Waals surface area contributed by atoms with Gasteiger partial charge in [0.2, 0.25) is 0 Å². The van der Waals surface area contributed by atoms with Gasteiger partial charge < -0.3 is 4.98 Å². The van der Waals surface area contributed by atoms with E-state index in [0.717, 1.165) is 30.7 Å². The molecule has 0 spiro atoms. The number of H-pyrrole nitrogens is 1. The predicted octanol–water partition coefficient (Wildman–Crippen LogP) is 3.97. The lowest BCUT2D eigenvalue weighted by Gasteiger charge is -1.99. The van der Waals surface area contributed by atoms with Gasteiger partial charge in [-0.1, -0.05) is 11.8 Å². The number of thiophene rings is 1. The van der Waals surface area contributed by atoms with Gasteiger partial charge in [-0.3, -0.25) is 4.79 Å². The number of rotatable bonds is 3. The molecule has 0 amide bonds. The van der Waals surface area contributed by atoms with Crippen molar-refractivity contribution in [2.45, 2.75) is 37.8 Å². The van der Waals surface area contributed by atoms with E-state index in [-0.39, 0.29) is 5.56 Å². The number of hydrogen-bond acceptors (Lipinski definition) is 6. The molecule has 0 aliphatic heterocycles. The van der Waals surface area contributed by atoms with Crippen molar-refractivity contribution in [2.75, 3.05) is 0 Å². The Kier molecular flexibility index (Phi) is 3.90. The van der Waals surface area contributed by atoms with E-state index in [2.05, 4.69) is 21.9 Å². The second-order valence-electron chi connectivity index (χ2n) is 4.89. The first kappa shape index (κ1) is 14.7. The lowest BCUT2D eigenvalue weighted by Crippen LogP contribution is -2.10. The summed E-state index contributed by atoms with van der Waals surface area (Å²) in [6, 6.07) is 0. The van der Waals surface area contributed by atoms with Crippen LogP contribution in [-0.4, -0.2) is 15.0 Å². The molecule has 4 nitrogen and oxygen atoms in total. The van der Waals surface area contributed by atoms with Crippen LogP contribution in [0.1, 0.15) is 26.8 Å². The Morgan fingerprint density at radius 1 is 1.10 bits per heavy atom. The zero-order chi connectivity index (χ0) is 15.1. The Hall–Kier alpha value is -1.18. The number of nitrogens with one attached hydrogen (secondary N) is 1. The van der Waals surface area contributed by atoms with Crippen LogP contribution in [0.5, 0.6) is 0 Å². The highest BCUT2D eigenvalue weighted by molar-refractivity contribution is 8.00. The van der Waals surface area contributed by atoms with Crippen LogP contribution in [0.2, 0.25) is 0 Å². The molecule has 0 saturated carbocycles. The molecule has 110 valence electrons. The van der Waals surface area contributed by atoms with Gasteiger partial charge in [0, 0.05) is 9.75 Å². The van der Waals surface area contributed by atoms with E-state index >= 15 is 0 Å². The van der Waals surface area contributed by atoms with Gasteiger partial charge in [0.15, 0.2) is 4.34 Å². The molecule has 3 aromatic heterocycles. The topological polar surface area (TPSA) is 58.6 Å². The Balaban J connectivity index is 1.89. The molecule has 21 heavy (non-hydrogen) atoms. The Morgan fingerprint density at radius 2 is 1.86 bits per heavy atom. The van der Waals surface area contributed by atoms with Gasteiger partial charge >= 0.3 is 0 Å². The first-order valence-electron chi connectivity index (χ1n) is 6.51. The maximum Gasteiger partial charge on any atom is 0.259 e. The molecular weight excluding hydrogens is 322 g/mol. The average molecular weight is 337 g/mol. The van der Waals surface area contributed by atoms with Crippen LogP contribution in [0.4, 0.5) is 0 Å². The maximum atomic E-state index is 12.2. The molecule has 7 heteroatoms. The van der Waals surface area contributed by atoms with E-state index in [1.165, 1.54) is 4.88 Å². The third-order valence-electron chi connectivity index (χ3n) is 3.43. The van der Waals surface area contributed by atoms with E-state index in [0.29, 0.717) is 11.6 Å². The highest BCUT2D eigenvalue weighted by Crippen LogP contribution is 2.29. The van der Waals surface area contributed by atoms with Gasteiger partial charge in [0.05, 0.1) is 16.8 Å². The van der Waals surface area contributed by atoms with Gasteiger partial charge in [-0.05, 0) is 33.3 Å². The fourth-order valence-electron chi connectivity index (χ4n) is 2.00. The maximum absolute atomic E-state index is 12.2. The van der Waals surface area contributed by atoms with E-state index in [1.807, 2.05) is 20.8 Å². The van der Waals surface area contributed by atoms with Crippen molar-refractivity contribution in [3.8, 4) is 0 Å². The lowest BCUT2D eigenvalue weighted by atomic mass is 10.2. The van der Waals surface area contributed by atoms with Crippen LogP contribution < -0.4 is 5.56 Å². The van der Waals surface area contributed by atoms with E-state index in [1.54, 1.807) is 34.4 Å². The van der Waals surface area contributed by atoms with Crippen molar-refractivity contribution in [3.63, 3.8) is 0 Å². The number of aromatic nitrogens is 3. The van der Waals surface area contributed by atoms with E-state index in [4.69, 9.17) is 0 Å². The highest BCUT2D eigenvalue weighted by Gasteiger charge is 2.12. The van der Waals surface area contributed by atoms with Gasteiger partial charge in [-0.2, -0.15) is 0 Å². The molecule has 3 aromatic rings. The van der Waals surface area contributed by atoms with Crippen molar-refractivity contribution in [1.82, 2.24) is 15.0 Å². The Bertz CT molecular complexity index is 856. The van der Waals surface area contributed by atoms with Gasteiger partial charge in [-0.25, -0.2) is 9.97 Å². The first-order chi connectivity index (χ1) is 9.95. The summed E-state index contributed by atoms with van der Waals surface area (Å²) in [5.41, 5.74) is 2.07. The summed E-state index contributed by atoms with van der Waals surface area (Å²) >= 11 is 4.88. The van der Waals surface area contributed by atoms with Crippen molar-refractivity contribution < 1.29 is 0 Å². The second kappa shape index (κ2) is 5.55. The van der Waals surface area contributed by atoms with Gasteiger partial charge in [-0.15, -0.1) is 22.7 Å². The van der Waals surface area contributed by atoms with Crippen molar-refractivity contribution >= 4 is 44.7 Å².